The summed E-state index contributed by atoms with van der Waals surface area (Å²) < 4.78 is 5.28. The van der Waals surface area contributed by atoms with Crippen molar-refractivity contribution in [3.63, 3.8) is 0 Å². The van der Waals surface area contributed by atoms with Gasteiger partial charge >= 0.3 is 0 Å². The summed E-state index contributed by atoms with van der Waals surface area (Å²) in [6.45, 7) is 7.58. The Balaban J connectivity index is 2.29. The topological polar surface area (TPSA) is 21.3 Å². The molecule has 1 rings (SSSR count). The average Bonchev–Trinajstić information content (AvgIpc) is 2.41. The van der Waals surface area contributed by atoms with Crippen molar-refractivity contribution in [3.8, 4) is 5.75 Å². The Morgan fingerprint density at radius 3 is 2.63 bits per heavy atom. The summed E-state index contributed by atoms with van der Waals surface area (Å²) in [4.78, 5) is 0. The zero-order valence-electron chi connectivity index (χ0n) is 13.0. The van der Waals surface area contributed by atoms with Crippen molar-refractivity contribution in [2.45, 2.75) is 65.5 Å². The van der Waals surface area contributed by atoms with Crippen LogP contribution in [0.25, 0.3) is 0 Å². The molecule has 2 nitrogen and oxygen atoms in total. The fraction of sp³-hybridized carbons (Fsp3) is 0.647. The Hall–Kier alpha value is -1.02. The van der Waals surface area contributed by atoms with E-state index in [0.29, 0.717) is 6.04 Å². The first-order valence-corrected chi connectivity index (χ1v) is 7.54. The normalized spacial score (nSPS) is 12.4. The van der Waals surface area contributed by atoms with Gasteiger partial charge in [0.2, 0.25) is 0 Å². The zero-order valence-corrected chi connectivity index (χ0v) is 13.0. The van der Waals surface area contributed by atoms with Gasteiger partial charge in [-0.3, -0.25) is 0 Å². The van der Waals surface area contributed by atoms with Gasteiger partial charge in [0, 0.05) is 12.6 Å². The summed E-state index contributed by atoms with van der Waals surface area (Å²) >= 11 is 0. The summed E-state index contributed by atoms with van der Waals surface area (Å²) in [5.41, 5.74) is 2.54. The number of nitrogens with one attached hydrogen (secondary N) is 1. The van der Waals surface area contributed by atoms with Crippen LogP contribution < -0.4 is 10.1 Å². The molecule has 0 aliphatic heterocycles. The molecule has 1 unspecified atom stereocenters. The smallest absolute Gasteiger partial charge is 0.121 e. The van der Waals surface area contributed by atoms with E-state index in [4.69, 9.17) is 4.74 Å². The Morgan fingerprint density at radius 1 is 1.21 bits per heavy atom. The molecule has 0 aromatic heterocycles. The highest BCUT2D eigenvalue weighted by atomic mass is 16.5. The lowest BCUT2D eigenvalue weighted by Crippen LogP contribution is -2.25. The summed E-state index contributed by atoms with van der Waals surface area (Å²) in [5.74, 6) is 0.969. The van der Waals surface area contributed by atoms with Crippen molar-refractivity contribution in [2.75, 3.05) is 7.11 Å². The van der Waals surface area contributed by atoms with Crippen LogP contribution in [0.4, 0.5) is 0 Å². The minimum absolute atomic E-state index is 0.597. The molecule has 19 heavy (non-hydrogen) atoms. The van der Waals surface area contributed by atoms with Gasteiger partial charge in [-0.05, 0) is 37.5 Å². The van der Waals surface area contributed by atoms with Crippen LogP contribution in [0.5, 0.6) is 5.75 Å². The number of hydrogen-bond donors (Lipinski definition) is 1. The van der Waals surface area contributed by atoms with Gasteiger partial charge in [0.15, 0.2) is 0 Å². The SMILES string of the molecule is CCCCCCC(C)NCc1ccc(OC)c(C)c1. The average molecular weight is 263 g/mol. The lowest BCUT2D eigenvalue weighted by atomic mass is 10.1. The number of benzene rings is 1. The molecule has 1 aromatic carbocycles. The molecule has 0 aliphatic carbocycles. The van der Waals surface area contributed by atoms with E-state index >= 15 is 0 Å². The summed E-state index contributed by atoms with van der Waals surface area (Å²) in [5, 5.41) is 3.60. The van der Waals surface area contributed by atoms with Crippen LogP contribution in [-0.2, 0) is 6.54 Å². The van der Waals surface area contributed by atoms with E-state index in [1.165, 1.54) is 43.2 Å². The van der Waals surface area contributed by atoms with Crippen LogP contribution in [0.15, 0.2) is 18.2 Å². The van der Waals surface area contributed by atoms with Crippen LogP contribution in [0.2, 0.25) is 0 Å². The summed E-state index contributed by atoms with van der Waals surface area (Å²) in [6, 6.07) is 7.00. The number of rotatable bonds is 9. The molecular weight excluding hydrogens is 234 g/mol. The maximum absolute atomic E-state index is 5.28. The second-order valence-corrected chi connectivity index (χ2v) is 5.44. The summed E-state index contributed by atoms with van der Waals surface area (Å²) in [7, 11) is 1.72. The number of ether oxygens (including phenoxy) is 1. The molecule has 0 spiro atoms. The number of methoxy groups -OCH3 is 1. The van der Waals surface area contributed by atoms with E-state index < -0.39 is 0 Å². The largest absolute Gasteiger partial charge is 0.496 e. The Morgan fingerprint density at radius 2 is 2.00 bits per heavy atom. The molecule has 2 heteroatoms. The number of unbranched alkanes of at least 4 members (excludes halogenated alkanes) is 3. The minimum atomic E-state index is 0.597. The predicted octanol–water partition coefficient (Wildman–Crippen LogP) is 4.45. The molecule has 0 radical (unpaired) electrons. The first kappa shape index (κ1) is 16.0. The van der Waals surface area contributed by atoms with Gasteiger partial charge in [-0.25, -0.2) is 0 Å². The third kappa shape index (κ3) is 6.11. The molecule has 1 atom stereocenters. The van der Waals surface area contributed by atoms with Crippen LogP contribution in [0.1, 0.15) is 57.1 Å². The van der Waals surface area contributed by atoms with Gasteiger partial charge in [-0.2, -0.15) is 0 Å². The highest BCUT2D eigenvalue weighted by Gasteiger charge is 2.03. The van der Waals surface area contributed by atoms with Crippen LogP contribution in [0.3, 0.4) is 0 Å². The maximum atomic E-state index is 5.28. The molecule has 0 aliphatic rings. The Bertz CT molecular complexity index is 362. The minimum Gasteiger partial charge on any atom is -0.496 e. The molecule has 0 fully saturated rings. The van der Waals surface area contributed by atoms with E-state index in [0.717, 1.165) is 12.3 Å². The molecule has 108 valence electrons. The third-order valence-electron chi connectivity index (χ3n) is 3.60. The van der Waals surface area contributed by atoms with Crippen LogP contribution in [-0.4, -0.2) is 13.2 Å². The number of hydrogen-bond acceptors (Lipinski definition) is 2. The van der Waals surface area contributed by atoms with Crippen LogP contribution >= 0.6 is 0 Å². The molecule has 0 saturated heterocycles. The molecule has 0 bridgehead atoms. The second kappa shape index (κ2) is 8.98. The zero-order chi connectivity index (χ0) is 14.1. The van der Waals surface area contributed by atoms with Gasteiger partial charge in [0.1, 0.15) is 5.75 Å². The van der Waals surface area contributed by atoms with E-state index in [9.17, 15) is 0 Å². The third-order valence-corrected chi connectivity index (χ3v) is 3.60. The van der Waals surface area contributed by atoms with E-state index in [-0.39, 0.29) is 0 Å². The van der Waals surface area contributed by atoms with Gasteiger partial charge in [-0.15, -0.1) is 0 Å². The van der Waals surface area contributed by atoms with Crippen molar-refractivity contribution in [2.24, 2.45) is 0 Å². The molecule has 0 amide bonds. The highest BCUT2D eigenvalue weighted by molar-refractivity contribution is 5.36. The van der Waals surface area contributed by atoms with Gasteiger partial charge in [0.25, 0.3) is 0 Å². The Kier molecular flexibility index (Phi) is 7.57. The standard InChI is InChI=1S/C17H29NO/c1-5-6-7-8-9-15(3)18-13-16-10-11-17(19-4)14(2)12-16/h10-12,15,18H,5-9,13H2,1-4H3. The predicted molar refractivity (Wildman–Crippen MR) is 82.8 cm³/mol. The quantitative estimate of drug-likeness (QED) is 0.664. The lowest BCUT2D eigenvalue weighted by Gasteiger charge is -2.14. The molecular formula is C17H29NO. The van der Waals surface area contributed by atoms with Crippen molar-refractivity contribution in [1.29, 1.82) is 0 Å². The molecule has 1 aromatic rings. The van der Waals surface area contributed by atoms with Crippen LogP contribution in [0, 0.1) is 6.92 Å². The summed E-state index contributed by atoms with van der Waals surface area (Å²) in [6.07, 6.45) is 6.65. The van der Waals surface area contributed by atoms with E-state index in [1.54, 1.807) is 7.11 Å². The van der Waals surface area contributed by atoms with Gasteiger partial charge in [0.05, 0.1) is 7.11 Å². The first-order valence-electron chi connectivity index (χ1n) is 7.54. The first-order chi connectivity index (χ1) is 9.17. The monoisotopic (exact) mass is 263 g/mol. The maximum Gasteiger partial charge on any atom is 0.121 e. The highest BCUT2D eigenvalue weighted by Crippen LogP contribution is 2.18. The molecule has 0 saturated carbocycles. The van der Waals surface area contributed by atoms with Gasteiger partial charge in [-0.1, -0.05) is 44.7 Å². The van der Waals surface area contributed by atoms with Crippen molar-refractivity contribution >= 4 is 0 Å². The lowest BCUT2D eigenvalue weighted by molar-refractivity contribution is 0.411. The molecule has 0 heterocycles. The number of aryl methyl sites for hydroxylation is 1. The fourth-order valence-corrected chi connectivity index (χ4v) is 2.32. The fourth-order valence-electron chi connectivity index (χ4n) is 2.32. The van der Waals surface area contributed by atoms with E-state index in [2.05, 4.69) is 44.3 Å². The van der Waals surface area contributed by atoms with Gasteiger partial charge < -0.3 is 10.1 Å². The van der Waals surface area contributed by atoms with Crippen molar-refractivity contribution in [3.05, 3.63) is 29.3 Å². The van der Waals surface area contributed by atoms with Crippen molar-refractivity contribution in [1.82, 2.24) is 5.32 Å². The van der Waals surface area contributed by atoms with E-state index in [1.807, 2.05) is 0 Å². The Labute approximate surface area is 118 Å². The van der Waals surface area contributed by atoms with Crippen molar-refractivity contribution < 1.29 is 4.74 Å². The molecule has 1 N–H and O–H groups in total. The second-order valence-electron chi connectivity index (χ2n) is 5.44.